The normalized spacial score (nSPS) is 11.7. The number of hydrogen-bond acceptors (Lipinski definition) is 9. The number of carbonyl (C=O) groups excluding carboxylic acids is 2. The quantitative estimate of drug-likeness (QED) is 0.146. The van der Waals surface area contributed by atoms with E-state index in [1.165, 1.54) is 54.7 Å². The largest absolute Gasteiger partial charge is 0.506 e. The molecule has 0 saturated carbocycles. The number of ketones is 1. The molecule has 0 aliphatic heterocycles. The summed E-state index contributed by atoms with van der Waals surface area (Å²) in [6, 6.07) is 11.0. The van der Waals surface area contributed by atoms with Crippen LogP contribution < -0.4 is 16.5 Å². The Kier molecular flexibility index (Phi) is 6.44. The number of hydrogen-bond donors (Lipinski definition) is 5. The Balaban J connectivity index is 1.55. The molecule has 1 amide bonds. The van der Waals surface area contributed by atoms with Crippen LogP contribution in [-0.2, 0) is 11.2 Å². The van der Waals surface area contributed by atoms with Crippen molar-refractivity contribution in [1.29, 1.82) is 0 Å². The van der Waals surface area contributed by atoms with Crippen molar-refractivity contribution in [1.82, 2.24) is 9.97 Å². The van der Waals surface area contributed by atoms with Crippen LogP contribution in [0.15, 0.2) is 65.6 Å². The maximum absolute atomic E-state index is 13.0. The molecule has 182 valence electrons. The van der Waals surface area contributed by atoms with Crippen LogP contribution in [0.1, 0.15) is 21.6 Å². The Morgan fingerprint density at radius 1 is 1.14 bits per heavy atom. The molecule has 12 nitrogen and oxygen atoms in total. The summed E-state index contributed by atoms with van der Waals surface area (Å²) in [5.74, 6) is -2.69. The van der Waals surface area contributed by atoms with Crippen molar-refractivity contribution in [3.8, 4) is 11.5 Å². The Bertz CT molecular complexity index is 1560. The summed E-state index contributed by atoms with van der Waals surface area (Å²) < 4.78 is 0. The maximum Gasteiger partial charge on any atom is 0.269 e. The van der Waals surface area contributed by atoms with Gasteiger partial charge in [0.15, 0.2) is 17.0 Å². The monoisotopic (exact) mass is 489 g/mol. The number of carbonyl (C=O) groups is 2. The van der Waals surface area contributed by atoms with Gasteiger partial charge in [-0.05, 0) is 30.2 Å². The highest BCUT2D eigenvalue weighted by Crippen LogP contribution is 2.28. The van der Waals surface area contributed by atoms with Crippen molar-refractivity contribution < 1.29 is 24.7 Å². The number of rotatable bonds is 7. The van der Waals surface area contributed by atoms with Gasteiger partial charge in [0.05, 0.1) is 27.7 Å². The number of H-pyrrole nitrogens is 1. The highest BCUT2D eigenvalue weighted by molar-refractivity contribution is 6.11. The van der Waals surface area contributed by atoms with Gasteiger partial charge in [-0.1, -0.05) is 18.2 Å². The second-order valence-corrected chi connectivity index (χ2v) is 7.86. The summed E-state index contributed by atoms with van der Waals surface area (Å²) >= 11 is 0. The molecule has 1 atom stereocenters. The molecule has 12 heteroatoms. The second kappa shape index (κ2) is 9.64. The first-order chi connectivity index (χ1) is 17.2. The van der Waals surface area contributed by atoms with Gasteiger partial charge in [0.25, 0.3) is 5.69 Å². The van der Waals surface area contributed by atoms with E-state index in [2.05, 4.69) is 15.3 Å². The molecule has 36 heavy (non-hydrogen) atoms. The van der Waals surface area contributed by atoms with E-state index in [0.29, 0.717) is 5.56 Å². The average Bonchev–Trinajstić information content (AvgIpc) is 2.85. The third kappa shape index (κ3) is 4.74. The maximum atomic E-state index is 13.0. The van der Waals surface area contributed by atoms with Gasteiger partial charge in [0.2, 0.25) is 11.7 Å². The van der Waals surface area contributed by atoms with Gasteiger partial charge in [-0.2, -0.15) is 0 Å². The van der Waals surface area contributed by atoms with Crippen molar-refractivity contribution in [3.05, 3.63) is 98.0 Å². The van der Waals surface area contributed by atoms with Crippen molar-refractivity contribution in [2.45, 2.75) is 12.5 Å². The van der Waals surface area contributed by atoms with Gasteiger partial charge in [-0.15, -0.1) is 0 Å². The van der Waals surface area contributed by atoms with Crippen LogP contribution >= 0.6 is 0 Å². The summed E-state index contributed by atoms with van der Waals surface area (Å²) in [7, 11) is 0. The number of fused-ring (bicyclic) bond motifs is 1. The number of nitrogens with two attached hydrogens (primary N) is 1. The third-order valence-electron chi connectivity index (χ3n) is 5.44. The lowest BCUT2D eigenvalue weighted by atomic mass is 10.0. The van der Waals surface area contributed by atoms with E-state index in [4.69, 9.17) is 5.73 Å². The van der Waals surface area contributed by atoms with Gasteiger partial charge in [-0.3, -0.25) is 24.5 Å². The van der Waals surface area contributed by atoms with Gasteiger partial charge in [0.1, 0.15) is 5.75 Å². The van der Waals surface area contributed by atoms with Crippen molar-refractivity contribution >= 4 is 34.1 Å². The molecule has 4 rings (SSSR count). The van der Waals surface area contributed by atoms with Crippen molar-refractivity contribution in [2.75, 3.05) is 5.32 Å². The molecule has 2 aromatic heterocycles. The van der Waals surface area contributed by atoms with Gasteiger partial charge < -0.3 is 26.2 Å². The molecule has 2 heterocycles. The van der Waals surface area contributed by atoms with Crippen LogP contribution in [0, 0.1) is 10.1 Å². The fourth-order valence-corrected chi connectivity index (χ4v) is 3.56. The summed E-state index contributed by atoms with van der Waals surface area (Å²) in [5.41, 5.74) is 5.51. The number of amides is 1. The average molecular weight is 489 g/mol. The zero-order valence-electron chi connectivity index (χ0n) is 18.5. The number of aromatic hydroxyl groups is 2. The number of aromatic nitrogens is 2. The predicted octanol–water partition coefficient (Wildman–Crippen LogP) is 1.98. The summed E-state index contributed by atoms with van der Waals surface area (Å²) in [6.07, 6.45) is 1.23. The number of nitro groups is 1. The minimum Gasteiger partial charge on any atom is -0.506 e. The first-order valence-electron chi connectivity index (χ1n) is 10.5. The Labute approximate surface area is 202 Å². The van der Waals surface area contributed by atoms with Crippen LogP contribution in [0.5, 0.6) is 11.5 Å². The highest BCUT2D eigenvalue weighted by atomic mass is 16.6. The van der Waals surface area contributed by atoms with Crippen molar-refractivity contribution in [2.24, 2.45) is 5.73 Å². The number of anilines is 1. The summed E-state index contributed by atoms with van der Waals surface area (Å²) in [6.45, 7) is 0. The number of aromatic amines is 1. The zero-order valence-corrected chi connectivity index (χ0v) is 18.5. The number of nitrogens with one attached hydrogen (secondary N) is 2. The Hall–Kier alpha value is -5.10. The van der Waals surface area contributed by atoms with Gasteiger partial charge in [-0.25, -0.2) is 4.98 Å². The predicted molar refractivity (Wildman–Crippen MR) is 129 cm³/mol. The molecule has 0 fully saturated rings. The fraction of sp³-hybridized carbons (Fsp3) is 0.0833. The Morgan fingerprint density at radius 3 is 2.56 bits per heavy atom. The number of phenols is 1. The molecule has 6 N–H and O–H groups in total. The van der Waals surface area contributed by atoms with Crippen LogP contribution in [0.2, 0.25) is 0 Å². The minimum absolute atomic E-state index is 0.0467. The second-order valence-electron chi connectivity index (χ2n) is 7.86. The van der Waals surface area contributed by atoms with E-state index < -0.39 is 33.8 Å². The number of pyridine rings is 2. The van der Waals surface area contributed by atoms with E-state index in [9.17, 15) is 34.7 Å². The van der Waals surface area contributed by atoms with E-state index in [0.717, 1.165) is 6.07 Å². The number of nitrogens with zero attached hydrogens (tertiary/aromatic N) is 2. The lowest BCUT2D eigenvalue weighted by molar-refractivity contribution is -0.384. The number of non-ortho nitro benzene ring substituents is 1. The zero-order chi connectivity index (χ0) is 26.0. The lowest BCUT2D eigenvalue weighted by Crippen LogP contribution is -2.37. The smallest absolute Gasteiger partial charge is 0.269 e. The molecule has 0 aliphatic carbocycles. The van der Waals surface area contributed by atoms with Gasteiger partial charge in [0, 0.05) is 29.8 Å². The molecule has 4 aromatic rings. The van der Waals surface area contributed by atoms with E-state index in [-0.39, 0.29) is 45.8 Å². The molecule has 0 spiro atoms. The Morgan fingerprint density at radius 2 is 1.86 bits per heavy atom. The highest BCUT2D eigenvalue weighted by Gasteiger charge is 2.22. The van der Waals surface area contributed by atoms with Gasteiger partial charge >= 0.3 is 0 Å². The van der Waals surface area contributed by atoms with Crippen LogP contribution in [0.25, 0.3) is 10.9 Å². The number of benzene rings is 2. The standard InChI is InChI=1S/C24H19N5O7/c25-16(10-12-4-6-13(7-5-12)29(35)36)24(34)28-23-22(33)15(8-9-26-23)21(32)17-11-19(31)14-2-1-3-18(30)20(14)27-17/h1-9,11,16,30,33H,10,25H2,(H,27,31)(H,26,28,34). The van der Waals surface area contributed by atoms with Crippen molar-refractivity contribution in [3.63, 3.8) is 0 Å². The van der Waals surface area contributed by atoms with Crippen LogP contribution in [0.4, 0.5) is 11.5 Å². The van der Waals surface area contributed by atoms with E-state index >= 15 is 0 Å². The molecular weight excluding hydrogens is 470 g/mol. The molecular formula is C24H19N5O7. The summed E-state index contributed by atoms with van der Waals surface area (Å²) in [4.78, 5) is 54.8. The number of para-hydroxylation sites is 1. The number of nitro benzene ring substituents is 1. The third-order valence-corrected chi connectivity index (χ3v) is 5.44. The van der Waals surface area contributed by atoms with Crippen LogP contribution in [-0.4, -0.2) is 42.8 Å². The lowest BCUT2D eigenvalue weighted by Gasteiger charge is -2.14. The fourth-order valence-electron chi connectivity index (χ4n) is 3.56. The molecule has 2 aromatic carbocycles. The molecule has 0 bridgehead atoms. The van der Waals surface area contributed by atoms with E-state index in [1.807, 2.05) is 0 Å². The number of phenolic OH excluding ortho intramolecular Hbond substituents is 1. The topological polar surface area (TPSA) is 202 Å². The SMILES string of the molecule is NC(Cc1ccc([N+](=O)[O-])cc1)C(=O)Nc1nccc(C(=O)c2cc(=O)c3cccc(O)c3[nH]2)c1O. The summed E-state index contributed by atoms with van der Waals surface area (Å²) in [5, 5.41) is 34.0. The van der Waals surface area contributed by atoms with E-state index in [1.54, 1.807) is 0 Å². The first kappa shape index (κ1) is 24.0. The molecule has 0 radical (unpaired) electrons. The molecule has 1 unspecified atom stereocenters. The molecule has 0 aliphatic rings. The van der Waals surface area contributed by atoms with Crippen LogP contribution in [0.3, 0.4) is 0 Å². The first-order valence-corrected chi connectivity index (χ1v) is 10.5. The molecule has 0 saturated heterocycles. The minimum atomic E-state index is -1.09.